The number of carbonyl (C=O) groups excluding carboxylic acids is 1. The Bertz CT molecular complexity index is 917. The van der Waals surface area contributed by atoms with Crippen LogP contribution in [0.4, 0.5) is 5.69 Å². The number of pyridine rings is 1. The highest BCUT2D eigenvalue weighted by atomic mass is 35.5. The number of hydrogen-bond donors (Lipinski definition) is 1. The van der Waals surface area contributed by atoms with E-state index in [1.165, 1.54) is 0 Å². The van der Waals surface area contributed by atoms with Crippen molar-refractivity contribution in [3.05, 3.63) is 53.9 Å². The van der Waals surface area contributed by atoms with E-state index in [2.05, 4.69) is 24.8 Å². The summed E-state index contributed by atoms with van der Waals surface area (Å²) in [6.07, 6.45) is 5.62. The van der Waals surface area contributed by atoms with Gasteiger partial charge in [0, 0.05) is 25.3 Å². The first-order valence-corrected chi connectivity index (χ1v) is 9.13. The van der Waals surface area contributed by atoms with Gasteiger partial charge in [0.15, 0.2) is 5.65 Å². The lowest BCUT2D eigenvalue weighted by Gasteiger charge is -2.32. The fraction of sp³-hybridized carbons (Fsp3) is 0.316. The van der Waals surface area contributed by atoms with E-state index in [0.29, 0.717) is 23.3 Å². The lowest BCUT2D eigenvalue weighted by atomic mass is 10.0. The number of fused-ring (bicyclic) bond motifs is 1. The summed E-state index contributed by atoms with van der Waals surface area (Å²) in [5.41, 5.74) is 2.52. The van der Waals surface area contributed by atoms with Gasteiger partial charge in [-0.05, 0) is 37.1 Å². The second kappa shape index (κ2) is 7.43. The fourth-order valence-corrected chi connectivity index (χ4v) is 3.63. The van der Waals surface area contributed by atoms with Gasteiger partial charge in [-0.1, -0.05) is 23.7 Å². The van der Waals surface area contributed by atoms with Crippen LogP contribution in [0.5, 0.6) is 0 Å². The third-order valence-corrected chi connectivity index (χ3v) is 5.13. The topological polar surface area (TPSA) is 63.1 Å². The van der Waals surface area contributed by atoms with Crippen LogP contribution in [0, 0.1) is 0 Å². The molecule has 7 heteroatoms. The zero-order valence-corrected chi connectivity index (χ0v) is 15.1. The summed E-state index contributed by atoms with van der Waals surface area (Å²) in [6.45, 7) is 2.11. The molecule has 3 aromatic rings. The normalized spacial score (nSPS) is 16.0. The van der Waals surface area contributed by atoms with Crippen LogP contribution in [-0.4, -0.2) is 45.0 Å². The largest absolute Gasteiger partial charge is 0.324 e. The molecule has 0 atom stereocenters. The minimum Gasteiger partial charge on any atom is -0.324 e. The smallest absolute Gasteiger partial charge is 0.238 e. The van der Waals surface area contributed by atoms with Gasteiger partial charge >= 0.3 is 0 Å². The highest BCUT2D eigenvalue weighted by molar-refractivity contribution is 6.33. The van der Waals surface area contributed by atoms with Crippen molar-refractivity contribution in [2.75, 3.05) is 25.0 Å². The van der Waals surface area contributed by atoms with Crippen LogP contribution in [0.15, 0.2) is 48.9 Å². The van der Waals surface area contributed by atoms with Gasteiger partial charge in [-0.2, -0.15) is 0 Å². The Morgan fingerprint density at radius 3 is 2.77 bits per heavy atom. The fourth-order valence-electron chi connectivity index (χ4n) is 3.45. The number of hydrogen-bond acceptors (Lipinski definition) is 4. The number of rotatable bonds is 4. The molecule has 0 saturated carbocycles. The Hall–Kier alpha value is -2.44. The number of piperidine rings is 1. The van der Waals surface area contributed by atoms with E-state index in [1.807, 2.05) is 36.7 Å². The summed E-state index contributed by atoms with van der Waals surface area (Å²) < 4.78 is 2.16. The van der Waals surface area contributed by atoms with Crippen molar-refractivity contribution in [1.29, 1.82) is 0 Å². The van der Waals surface area contributed by atoms with Crippen LogP contribution < -0.4 is 5.32 Å². The van der Waals surface area contributed by atoms with Gasteiger partial charge in [-0.15, -0.1) is 0 Å². The number of benzene rings is 1. The van der Waals surface area contributed by atoms with Crippen LogP contribution in [0.1, 0.15) is 18.9 Å². The molecule has 1 amide bonds. The second-order valence-electron chi connectivity index (χ2n) is 6.53. The number of nitrogens with one attached hydrogen (secondary N) is 1. The van der Waals surface area contributed by atoms with Crippen molar-refractivity contribution in [3.63, 3.8) is 0 Å². The molecule has 0 radical (unpaired) electrons. The molecular weight excluding hydrogens is 350 g/mol. The van der Waals surface area contributed by atoms with Gasteiger partial charge in [0.25, 0.3) is 0 Å². The van der Waals surface area contributed by atoms with Crippen molar-refractivity contribution in [2.45, 2.75) is 18.9 Å². The summed E-state index contributed by atoms with van der Waals surface area (Å²) in [5.74, 6) is -0.0358. The zero-order valence-electron chi connectivity index (χ0n) is 14.3. The molecule has 1 aliphatic rings. The summed E-state index contributed by atoms with van der Waals surface area (Å²) in [5, 5.41) is 3.44. The number of anilines is 1. The zero-order chi connectivity index (χ0) is 17.9. The third-order valence-electron chi connectivity index (χ3n) is 4.80. The summed E-state index contributed by atoms with van der Waals surface area (Å²) in [6, 6.07) is 11.5. The quantitative estimate of drug-likeness (QED) is 0.766. The average molecular weight is 370 g/mol. The number of aromatic nitrogens is 3. The summed E-state index contributed by atoms with van der Waals surface area (Å²) in [7, 11) is 0. The van der Waals surface area contributed by atoms with Gasteiger partial charge < -0.3 is 9.88 Å². The maximum absolute atomic E-state index is 12.3. The molecule has 0 unspecified atom stereocenters. The number of amides is 1. The SMILES string of the molecule is O=C(CN1CCC(n2cnc3cccnc32)CC1)Nc1ccccc1Cl. The molecule has 0 bridgehead atoms. The van der Waals surface area contributed by atoms with E-state index in [-0.39, 0.29) is 5.91 Å². The first-order valence-electron chi connectivity index (χ1n) is 8.75. The van der Waals surface area contributed by atoms with Crippen LogP contribution >= 0.6 is 11.6 Å². The maximum atomic E-state index is 12.3. The van der Waals surface area contributed by atoms with Crippen LogP contribution in [0.25, 0.3) is 11.2 Å². The average Bonchev–Trinajstić information content (AvgIpc) is 3.08. The van der Waals surface area contributed by atoms with E-state index in [0.717, 1.165) is 37.1 Å². The van der Waals surface area contributed by atoms with E-state index < -0.39 is 0 Å². The van der Waals surface area contributed by atoms with Crippen molar-refractivity contribution >= 4 is 34.4 Å². The molecule has 1 aromatic carbocycles. The molecule has 0 aliphatic carbocycles. The van der Waals surface area contributed by atoms with Gasteiger partial charge in [-0.3, -0.25) is 9.69 Å². The van der Waals surface area contributed by atoms with Gasteiger partial charge in [-0.25, -0.2) is 9.97 Å². The predicted molar refractivity (Wildman–Crippen MR) is 102 cm³/mol. The van der Waals surface area contributed by atoms with Crippen LogP contribution in [0.3, 0.4) is 0 Å². The molecule has 26 heavy (non-hydrogen) atoms. The van der Waals surface area contributed by atoms with E-state index in [9.17, 15) is 4.79 Å². The highest BCUT2D eigenvalue weighted by Crippen LogP contribution is 2.26. The molecular formula is C19H20ClN5O. The molecule has 1 aliphatic heterocycles. The summed E-state index contributed by atoms with van der Waals surface area (Å²) in [4.78, 5) is 23.3. The van der Waals surface area contributed by atoms with Crippen molar-refractivity contribution < 1.29 is 4.79 Å². The van der Waals surface area contributed by atoms with Crippen molar-refractivity contribution in [3.8, 4) is 0 Å². The lowest BCUT2D eigenvalue weighted by Crippen LogP contribution is -2.39. The Labute approximate surface area is 156 Å². The van der Waals surface area contributed by atoms with Gasteiger partial charge in [0.05, 0.1) is 23.6 Å². The number of carbonyl (C=O) groups is 1. The van der Waals surface area contributed by atoms with Crippen molar-refractivity contribution in [2.24, 2.45) is 0 Å². The van der Waals surface area contributed by atoms with E-state index >= 15 is 0 Å². The minimum atomic E-state index is -0.0358. The van der Waals surface area contributed by atoms with Crippen LogP contribution in [-0.2, 0) is 4.79 Å². The number of para-hydroxylation sites is 1. The Kier molecular flexibility index (Phi) is 4.86. The number of nitrogens with zero attached hydrogens (tertiary/aromatic N) is 4. The third kappa shape index (κ3) is 3.57. The molecule has 134 valence electrons. The second-order valence-corrected chi connectivity index (χ2v) is 6.94. The standard InChI is InChI=1S/C19H20ClN5O/c20-15-4-1-2-5-16(15)23-18(26)12-24-10-7-14(8-11-24)25-13-22-17-6-3-9-21-19(17)25/h1-6,9,13-14H,7-8,10-12H2,(H,23,26). The molecule has 0 spiro atoms. The number of halogens is 1. The van der Waals surface area contributed by atoms with E-state index in [1.54, 1.807) is 12.3 Å². The van der Waals surface area contributed by atoms with Crippen LogP contribution in [0.2, 0.25) is 5.02 Å². The Morgan fingerprint density at radius 1 is 1.15 bits per heavy atom. The highest BCUT2D eigenvalue weighted by Gasteiger charge is 2.23. The molecule has 4 rings (SSSR count). The Morgan fingerprint density at radius 2 is 1.96 bits per heavy atom. The molecule has 1 fully saturated rings. The monoisotopic (exact) mass is 369 g/mol. The lowest BCUT2D eigenvalue weighted by molar-refractivity contribution is -0.117. The number of likely N-dealkylation sites (tertiary alicyclic amines) is 1. The first kappa shape index (κ1) is 17.0. The van der Waals surface area contributed by atoms with Crippen molar-refractivity contribution in [1.82, 2.24) is 19.4 Å². The molecule has 6 nitrogen and oxygen atoms in total. The maximum Gasteiger partial charge on any atom is 0.238 e. The molecule has 1 N–H and O–H groups in total. The molecule has 2 aromatic heterocycles. The van der Waals surface area contributed by atoms with Gasteiger partial charge in [0.2, 0.25) is 5.91 Å². The molecule has 1 saturated heterocycles. The summed E-state index contributed by atoms with van der Waals surface area (Å²) >= 11 is 6.09. The van der Waals surface area contributed by atoms with Gasteiger partial charge in [0.1, 0.15) is 5.52 Å². The Balaban J connectivity index is 1.34. The predicted octanol–water partition coefficient (Wildman–Crippen LogP) is 3.36. The molecule has 3 heterocycles. The first-order chi connectivity index (χ1) is 12.7. The van der Waals surface area contributed by atoms with E-state index in [4.69, 9.17) is 11.6 Å². The minimum absolute atomic E-state index is 0.0358. The number of imidazole rings is 1.